The summed E-state index contributed by atoms with van der Waals surface area (Å²) in [6, 6.07) is 15.3. The standard InChI is InChI=1S/C32H44N2O5.C26H43N3O3.C7H9N.C2H7NO2.CH3I/c1-20-6-8-23(9-7-20)33-29(36)38-16-17-39-34-24-10-13-30(4)26-11-14-31(5)27(12-15-32(31,37)22(3)35)25(26)18-21(2)28(30)19-24;1-17-15-20-21(24(3)10-7-19(16-23(17)24)28-32-14-13-30)8-11-25(4)22(20)9-12-26(25,31)18(2)27-29(5)6;1-6-2-4-7(8)5-3-6;3-5-2-1-4;1-2/h6-9,19,21,25-27,37H,10-18H2,1-5H3,(H,33,36);16-17,20-22,30-31H,7-15H2,1-6H3;2-5H,8H2,1H3;4H,1-3H2;1H3/b34-24+;27-18-,28-19+;;;/t21-,25+,26-,27-,30+,31-,32-;17-,20+,21-,22-,24+,25-,26-;;;/m00.../s1/i;;;;1D. The summed E-state index contributed by atoms with van der Waals surface area (Å²) in [6.07, 6.45) is 17.9. The first-order valence-corrected chi connectivity index (χ1v) is 32.9. The van der Waals surface area contributed by atoms with Gasteiger partial charge in [0.25, 0.3) is 0 Å². The average molecular weight is 1310 g/mol. The van der Waals surface area contributed by atoms with Crippen LogP contribution in [-0.4, -0.2) is 124 Å². The summed E-state index contributed by atoms with van der Waals surface area (Å²) in [5.41, 5.74) is 13.1. The number of alkyl halides is 1. The van der Waals surface area contributed by atoms with E-state index in [0.29, 0.717) is 64.4 Å². The van der Waals surface area contributed by atoms with Crippen molar-refractivity contribution in [3.05, 3.63) is 83.0 Å². The summed E-state index contributed by atoms with van der Waals surface area (Å²) in [4.78, 5) is 39.7. The number of halogens is 1. The molecule has 18 heteroatoms. The number of carbonyl (C=O) groups is 2. The van der Waals surface area contributed by atoms with Crippen molar-refractivity contribution in [3.8, 4) is 0 Å². The highest BCUT2D eigenvalue weighted by Crippen LogP contribution is 2.70. The molecule has 0 spiro atoms. The number of hydrogen-bond acceptors (Lipinski definition) is 16. The van der Waals surface area contributed by atoms with Crippen molar-refractivity contribution in [2.75, 3.05) is 69.7 Å². The maximum atomic E-state index is 12.5. The molecule has 9 N–H and O–H groups in total. The van der Waals surface area contributed by atoms with Crippen molar-refractivity contribution in [1.82, 2.24) is 5.01 Å². The molecule has 1 amide bonds. The fraction of sp³-hybridized carbons (Fsp3) is 0.691. The second kappa shape index (κ2) is 30.4. The number of nitrogen functional groups attached to an aromatic ring is 1. The van der Waals surface area contributed by atoms with Crippen LogP contribution in [0.5, 0.6) is 0 Å². The van der Waals surface area contributed by atoms with E-state index in [1.165, 1.54) is 24.0 Å². The minimum absolute atomic E-state index is 0.00347. The molecule has 0 unspecified atom stereocenters. The molecular formula is C68H106IN7O10. The van der Waals surface area contributed by atoms with E-state index in [1.54, 1.807) is 12.5 Å². The molecular weight excluding hydrogens is 1200 g/mol. The number of nitrogens with one attached hydrogen (secondary N) is 1. The highest BCUT2D eigenvalue weighted by Gasteiger charge is 2.67. The lowest BCUT2D eigenvalue weighted by atomic mass is 9.44. The average Bonchev–Trinajstić information content (AvgIpc) is 1.68. The number of aryl methyl sites for hydroxylation is 2. The molecule has 8 aliphatic rings. The van der Waals surface area contributed by atoms with Gasteiger partial charge in [0, 0.05) is 37.7 Å². The van der Waals surface area contributed by atoms with Crippen LogP contribution < -0.4 is 16.9 Å². The quantitative estimate of drug-likeness (QED) is 0.0246. The van der Waals surface area contributed by atoms with Crippen LogP contribution in [-0.2, 0) is 24.0 Å². The molecule has 86 heavy (non-hydrogen) atoms. The van der Waals surface area contributed by atoms with Crippen molar-refractivity contribution in [3.63, 3.8) is 0 Å². The van der Waals surface area contributed by atoms with Crippen molar-refractivity contribution < 1.29 is 50.6 Å². The first-order valence-electron chi connectivity index (χ1n) is 32.1. The molecule has 2 aromatic carbocycles. The molecule has 17 nitrogen and oxygen atoms in total. The van der Waals surface area contributed by atoms with Crippen molar-refractivity contribution in [2.45, 2.75) is 170 Å². The monoisotopic (exact) mass is 1310 g/mol. The van der Waals surface area contributed by atoms with E-state index in [-0.39, 0.29) is 67.1 Å². The van der Waals surface area contributed by atoms with Crippen LogP contribution in [0.4, 0.5) is 16.2 Å². The number of fused-ring (bicyclic) bond motifs is 10. The summed E-state index contributed by atoms with van der Waals surface area (Å²) >= 11 is 1.96. The number of benzene rings is 2. The Morgan fingerprint density at radius 1 is 0.686 bits per heavy atom. The number of aliphatic hydroxyl groups is 4. The van der Waals surface area contributed by atoms with Gasteiger partial charge in [0.1, 0.15) is 24.4 Å². The van der Waals surface area contributed by atoms with Gasteiger partial charge in [-0.1, -0.05) is 121 Å². The Bertz CT molecular complexity index is 2740. The summed E-state index contributed by atoms with van der Waals surface area (Å²) in [7, 11) is 3.87. The van der Waals surface area contributed by atoms with Gasteiger partial charge >= 0.3 is 6.09 Å². The lowest BCUT2D eigenvalue weighted by Gasteiger charge is -2.60. The molecule has 0 saturated heterocycles. The third-order valence-electron chi connectivity index (χ3n) is 22.0. The fourth-order valence-corrected chi connectivity index (χ4v) is 17.6. The van der Waals surface area contributed by atoms with E-state index in [1.807, 2.05) is 111 Å². The number of nitrogens with two attached hydrogens (primary N) is 2. The maximum absolute atomic E-state index is 12.5. The number of anilines is 2. The van der Waals surface area contributed by atoms with Crippen LogP contribution in [0, 0.1) is 82.9 Å². The molecule has 10 rings (SSSR count). The Labute approximate surface area is 529 Å². The van der Waals surface area contributed by atoms with E-state index >= 15 is 0 Å². The van der Waals surface area contributed by atoms with Crippen LogP contribution in [0.3, 0.4) is 0 Å². The van der Waals surface area contributed by atoms with Gasteiger partial charge in [-0.05, 0) is 217 Å². The molecule has 6 fully saturated rings. The van der Waals surface area contributed by atoms with Gasteiger partial charge in [-0.2, -0.15) is 5.10 Å². The van der Waals surface area contributed by atoms with Gasteiger partial charge in [0.05, 0.1) is 37.0 Å². The number of rotatable bonds is 13. The molecule has 0 bridgehead atoms. The van der Waals surface area contributed by atoms with Crippen molar-refractivity contribution in [1.29, 1.82) is 0 Å². The number of allylic oxidation sites excluding steroid dienone is 4. The molecule has 0 aliphatic heterocycles. The minimum atomic E-state index is -1.17. The van der Waals surface area contributed by atoms with Crippen LogP contribution in [0.2, 0.25) is 0 Å². The maximum Gasteiger partial charge on any atom is 0.411 e. The molecule has 2 aromatic rings. The Morgan fingerprint density at radius 3 is 1.56 bits per heavy atom. The topological polar surface area (TPSA) is 256 Å². The summed E-state index contributed by atoms with van der Waals surface area (Å²) < 4.78 is 11.4. The summed E-state index contributed by atoms with van der Waals surface area (Å²) in [5, 5.41) is 58.0. The Hall–Kier alpha value is -4.44. The number of ether oxygens (including phenoxy) is 1. The van der Waals surface area contributed by atoms with Crippen molar-refractivity contribution in [2.24, 2.45) is 90.3 Å². The van der Waals surface area contributed by atoms with E-state index in [2.05, 4.69) is 85.2 Å². The smallest absolute Gasteiger partial charge is 0.411 e. The van der Waals surface area contributed by atoms with Gasteiger partial charge in [0.15, 0.2) is 12.4 Å². The first kappa shape index (κ1) is 69.0. The highest BCUT2D eigenvalue weighted by atomic mass is 127. The first-order chi connectivity index (χ1) is 41.2. The number of aliphatic hydroxyl groups excluding tert-OH is 2. The highest BCUT2D eigenvalue weighted by molar-refractivity contribution is 14.1. The third kappa shape index (κ3) is 15.1. The molecule has 8 aliphatic carbocycles. The van der Waals surface area contributed by atoms with Gasteiger partial charge in [-0.3, -0.25) is 10.1 Å². The number of hydrazone groups is 1. The molecule has 6 saturated carbocycles. The Morgan fingerprint density at radius 2 is 1.13 bits per heavy atom. The zero-order valence-electron chi connectivity index (χ0n) is 54.8. The third-order valence-corrected chi connectivity index (χ3v) is 22.0. The second-order valence-corrected chi connectivity index (χ2v) is 27.0. The largest absolute Gasteiger partial charge is 0.446 e. The summed E-state index contributed by atoms with van der Waals surface area (Å²) in [6.45, 7) is 22.6. The van der Waals surface area contributed by atoms with Crippen molar-refractivity contribution >= 4 is 63.0 Å². The minimum Gasteiger partial charge on any atom is -0.446 e. The van der Waals surface area contributed by atoms with Crippen LogP contribution >= 0.6 is 22.6 Å². The number of Topliss-reactive ketones (excluding diaryl/α,β-unsaturated/α-hetero) is 1. The molecule has 14 atom stereocenters. The van der Waals surface area contributed by atoms with Crippen LogP contribution in [0.25, 0.3) is 0 Å². The second-order valence-electron chi connectivity index (χ2n) is 27.0. The predicted molar refractivity (Wildman–Crippen MR) is 353 cm³/mol. The molecule has 0 aromatic heterocycles. The van der Waals surface area contributed by atoms with E-state index < -0.39 is 17.3 Å². The Balaban J connectivity index is 0.000000224. The lowest BCUT2D eigenvalue weighted by Crippen LogP contribution is -2.58. The number of oxime groups is 2. The van der Waals surface area contributed by atoms with Gasteiger partial charge < -0.3 is 50.4 Å². The zero-order valence-corrected chi connectivity index (χ0v) is 56.0. The summed E-state index contributed by atoms with van der Waals surface area (Å²) in [5.74, 6) is 8.70. The fourth-order valence-electron chi connectivity index (χ4n) is 17.6. The number of ketones is 1. The van der Waals surface area contributed by atoms with E-state index in [9.17, 15) is 19.8 Å². The number of amides is 1. The van der Waals surface area contributed by atoms with E-state index in [0.717, 1.165) is 99.0 Å². The lowest BCUT2D eigenvalue weighted by molar-refractivity contribution is -0.160. The molecule has 480 valence electrons. The van der Waals surface area contributed by atoms with Crippen LogP contribution in [0.1, 0.15) is 158 Å². The number of nitrogens with zero attached hydrogens (tertiary/aromatic N) is 4. The number of carbonyl (C=O) groups excluding carboxylic acids is 2. The van der Waals surface area contributed by atoms with Gasteiger partial charge in [-0.25, -0.2) is 10.7 Å². The zero-order chi connectivity index (χ0) is 64.1. The van der Waals surface area contributed by atoms with Gasteiger partial charge in [0.2, 0.25) is 0 Å². The SMILES string of the molecule is C/C(=N/N(C)C)[C@@]1(O)CC[C@H]2[C@@H]3C[C@H](C)C4=C/C(=N/OCCO)CC[C@]4(C)[C@H]3CC[C@@]21C.CC(=O)[C@@]1(O)CC[C@H]2[C@@H]3C[C@H](C)C4=C/C(=N/OCCOC(=O)Nc5ccc(C)cc5)CC[C@]4(C)[C@H]3CC[C@@]21C.Cc1ccc(N)cc1.NOCCO.[2H]CI. The predicted octanol–water partition coefficient (Wildman–Crippen LogP) is 12.2. The molecule has 0 radical (unpaired) electrons. The Kier molecular flexibility index (Phi) is 24.4. The van der Waals surface area contributed by atoms with Crippen LogP contribution in [0.15, 0.2) is 87.2 Å². The van der Waals surface area contributed by atoms with E-state index in [4.69, 9.17) is 31.7 Å². The van der Waals surface area contributed by atoms with Gasteiger partial charge in [-0.15, -0.1) is 0 Å². The number of hydrogen-bond donors (Lipinski definition) is 7. The normalized spacial score (nSPS) is 35.7. The molecule has 0 heterocycles.